The minimum absolute atomic E-state index is 0.0723. The summed E-state index contributed by atoms with van der Waals surface area (Å²) >= 11 is 0. The van der Waals surface area contributed by atoms with Crippen molar-refractivity contribution in [1.29, 1.82) is 0 Å². The quantitative estimate of drug-likeness (QED) is 0.319. The first-order chi connectivity index (χ1) is 17.2. The number of anilines is 4. The third-order valence-corrected chi connectivity index (χ3v) is 4.84. The lowest BCUT2D eigenvalue weighted by Crippen LogP contribution is -2.33. The summed E-state index contributed by atoms with van der Waals surface area (Å²) in [6, 6.07) is 11.3. The smallest absolute Gasteiger partial charge is 0.428 e. The topological polar surface area (TPSA) is 93.1 Å². The van der Waals surface area contributed by atoms with Crippen molar-refractivity contribution in [1.82, 2.24) is 19.9 Å². The third kappa shape index (κ3) is 5.54. The largest absolute Gasteiger partial charge is 0.461 e. The van der Waals surface area contributed by atoms with Crippen LogP contribution in [-0.2, 0) is 0 Å². The first-order valence-corrected chi connectivity index (χ1v) is 10.4. The molecule has 1 amide bonds. The van der Waals surface area contributed by atoms with Crippen LogP contribution in [0.4, 0.5) is 40.7 Å². The number of hydrogen-bond acceptors (Lipinski definition) is 7. The van der Waals surface area contributed by atoms with E-state index in [9.17, 15) is 22.4 Å². The van der Waals surface area contributed by atoms with E-state index in [0.717, 1.165) is 17.7 Å². The van der Waals surface area contributed by atoms with Crippen molar-refractivity contribution in [3.05, 3.63) is 90.6 Å². The SMILES string of the molecule is Cc1ccc(NC(=O)c2cccc(OC(F)(F)C(F)F)c2)cc1N(c1cnccn1)c1ncccn1. The van der Waals surface area contributed by atoms with E-state index in [-0.39, 0.29) is 5.56 Å². The van der Waals surface area contributed by atoms with Crippen LogP contribution >= 0.6 is 0 Å². The Morgan fingerprint density at radius 3 is 2.47 bits per heavy atom. The second kappa shape index (κ2) is 10.3. The average Bonchev–Trinajstić information content (AvgIpc) is 2.87. The maximum Gasteiger partial charge on any atom is 0.461 e. The zero-order chi connectivity index (χ0) is 25.7. The molecule has 0 bridgehead atoms. The van der Waals surface area contributed by atoms with E-state index < -0.39 is 24.2 Å². The number of nitrogens with zero attached hydrogens (tertiary/aromatic N) is 5. The van der Waals surface area contributed by atoms with E-state index in [1.165, 1.54) is 30.7 Å². The normalized spacial score (nSPS) is 11.3. The summed E-state index contributed by atoms with van der Waals surface area (Å²) in [5.41, 5.74) is 1.68. The minimum Gasteiger partial charge on any atom is -0.428 e. The van der Waals surface area contributed by atoms with Crippen molar-refractivity contribution >= 4 is 29.0 Å². The highest BCUT2D eigenvalue weighted by atomic mass is 19.3. The molecule has 0 atom stereocenters. The summed E-state index contributed by atoms with van der Waals surface area (Å²) in [6.45, 7) is 1.84. The van der Waals surface area contributed by atoms with Gasteiger partial charge in [-0.3, -0.25) is 14.7 Å². The van der Waals surface area contributed by atoms with Crippen LogP contribution in [0.3, 0.4) is 0 Å². The summed E-state index contributed by atoms with van der Waals surface area (Å²) in [5.74, 6) is -0.500. The maximum absolute atomic E-state index is 13.3. The number of aromatic nitrogens is 4. The van der Waals surface area contributed by atoms with Gasteiger partial charge < -0.3 is 10.1 Å². The van der Waals surface area contributed by atoms with Crippen LogP contribution in [0.15, 0.2) is 79.5 Å². The van der Waals surface area contributed by atoms with Gasteiger partial charge >= 0.3 is 12.5 Å². The Morgan fingerprint density at radius 1 is 1.00 bits per heavy atom. The fourth-order valence-corrected chi connectivity index (χ4v) is 3.18. The molecule has 0 spiro atoms. The standard InChI is InChI=1S/C24H18F4N6O2/c1-15-6-7-17(33-21(35)16-4-2-5-18(12-16)36-24(27,28)22(25)26)13-19(15)34(20-14-29-10-11-30-20)23-31-8-3-9-32-23/h2-14,22H,1H3,(H,33,35). The van der Waals surface area contributed by atoms with Gasteiger partial charge in [0.05, 0.1) is 11.9 Å². The molecule has 0 saturated carbocycles. The van der Waals surface area contributed by atoms with Gasteiger partial charge in [-0.15, -0.1) is 0 Å². The lowest BCUT2D eigenvalue weighted by atomic mass is 10.1. The molecule has 184 valence electrons. The molecule has 0 aliphatic carbocycles. The zero-order valence-electron chi connectivity index (χ0n) is 18.6. The van der Waals surface area contributed by atoms with E-state index in [1.54, 1.807) is 41.6 Å². The van der Waals surface area contributed by atoms with Gasteiger partial charge in [-0.05, 0) is 48.9 Å². The van der Waals surface area contributed by atoms with Gasteiger partial charge in [0.1, 0.15) is 5.75 Å². The number of ether oxygens (including phenoxy) is 1. The molecule has 2 heterocycles. The predicted octanol–water partition coefficient (Wildman–Crippen LogP) is 5.53. The van der Waals surface area contributed by atoms with Crippen LogP contribution in [0.25, 0.3) is 0 Å². The molecule has 0 fully saturated rings. The summed E-state index contributed by atoms with van der Waals surface area (Å²) in [6.07, 6.45) is -1.01. The summed E-state index contributed by atoms with van der Waals surface area (Å²) < 4.78 is 55.5. The molecule has 4 rings (SSSR count). The van der Waals surface area contributed by atoms with Crippen LogP contribution < -0.4 is 15.0 Å². The Balaban J connectivity index is 1.63. The van der Waals surface area contributed by atoms with Gasteiger partial charge in [0.25, 0.3) is 5.91 Å². The highest BCUT2D eigenvalue weighted by Gasteiger charge is 2.44. The number of carbonyl (C=O) groups excluding carboxylic acids is 1. The molecule has 0 aliphatic rings. The van der Waals surface area contributed by atoms with Crippen LogP contribution in [0.5, 0.6) is 5.75 Å². The highest BCUT2D eigenvalue weighted by molar-refractivity contribution is 6.04. The maximum atomic E-state index is 13.3. The van der Waals surface area contributed by atoms with Gasteiger partial charge in [-0.1, -0.05) is 12.1 Å². The predicted molar refractivity (Wildman–Crippen MR) is 123 cm³/mol. The Kier molecular flexibility index (Phi) is 7.04. The number of halogens is 4. The monoisotopic (exact) mass is 498 g/mol. The van der Waals surface area contributed by atoms with E-state index in [0.29, 0.717) is 23.1 Å². The summed E-state index contributed by atoms with van der Waals surface area (Å²) in [5, 5.41) is 2.66. The van der Waals surface area contributed by atoms with Crippen molar-refractivity contribution in [2.75, 3.05) is 10.2 Å². The number of benzene rings is 2. The fraction of sp³-hybridized carbons (Fsp3) is 0.125. The molecular formula is C24H18F4N6O2. The van der Waals surface area contributed by atoms with Crippen molar-refractivity contribution < 1.29 is 27.1 Å². The number of alkyl halides is 4. The lowest BCUT2D eigenvalue weighted by Gasteiger charge is -2.23. The molecule has 12 heteroatoms. The second-order valence-electron chi connectivity index (χ2n) is 7.40. The Labute approximate surface area is 202 Å². The summed E-state index contributed by atoms with van der Waals surface area (Å²) in [7, 11) is 0. The van der Waals surface area contributed by atoms with Crippen LogP contribution in [-0.4, -0.2) is 38.4 Å². The molecule has 2 aromatic heterocycles. The van der Waals surface area contributed by atoms with Crippen molar-refractivity contribution in [2.24, 2.45) is 0 Å². The first-order valence-electron chi connectivity index (χ1n) is 10.4. The Bertz CT molecular complexity index is 1300. The van der Waals surface area contributed by atoms with E-state index in [4.69, 9.17) is 0 Å². The van der Waals surface area contributed by atoms with E-state index in [1.807, 2.05) is 6.92 Å². The number of amides is 1. The molecule has 0 unspecified atom stereocenters. The molecule has 0 radical (unpaired) electrons. The molecular weight excluding hydrogens is 480 g/mol. The highest BCUT2D eigenvalue weighted by Crippen LogP contribution is 2.34. The molecule has 4 aromatic rings. The minimum atomic E-state index is -4.69. The third-order valence-electron chi connectivity index (χ3n) is 4.84. The van der Waals surface area contributed by atoms with Gasteiger partial charge in [0, 0.05) is 36.0 Å². The van der Waals surface area contributed by atoms with E-state index in [2.05, 4.69) is 30.0 Å². The fourth-order valence-electron chi connectivity index (χ4n) is 3.18. The number of nitrogens with one attached hydrogen (secondary N) is 1. The van der Waals surface area contributed by atoms with Gasteiger partial charge in [-0.2, -0.15) is 17.6 Å². The molecule has 2 aromatic carbocycles. The molecule has 1 N–H and O–H groups in total. The lowest BCUT2D eigenvalue weighted by molar-refractivity contribution is -0.253. The second-order valence-corrected chi connectivity index (χ2v) is 7.40. The van der Waals surface area contributed by atoms with E-state index >= 15 is 0 Å². The molecule has 36 heavy (non-hydrogen) atoms. The van der Waals surface area contributed by atoms with Crippen LogP contribution in [0.1, 0.15) is 15.9 Å². The average molecular weight is 498 g/mol. The molecule has 0 saturated heterocycles. The number of aryl methyl sites for hydroxylation is 1. The summed E-state index contributed by atoms with van der Waals surface area (Å²) in [4.78, 5) is 31.5. The van der Waals surface area contributed by atoms with Crippen molar-refractivity contribution in [2.45, 2.75) is 19.5 Å². The first kappa shape index (κ1) is 24.5. The number of carbonyl (C=O) groups is 1. The van der Waals surface area contributed by atoms with Gasteiger partial charge in [0.15, 0.2) is 5.82 Å². The zero-order valence-corrected chi connectivity index (χ0v) is 18.6. The van der Waals surface area contributed by atoms with Gasteiger partial charge in [0.2, 0.25) is 5.95 Å². The van der Waals surface area contributed by atoms with Gasteiger partial charge in [-0.25, -0.2) is 15.0 Å². The number of hydrogen-bond donors (Lipinski definition) is 1. The number of rotatable bonds is 8. The van der Waals surface area contributed by atoms with Crippen LogP contribution in [0, 0.1) is 6.92 Å². The Hall–Kier alpha value is -4.61. The van der Waals surface area contributed by atoms with Crippen molar-refractivity contribution in [3.8, 4) is 5.75 Å². The van der Waals surface area contributed by atoms with Crippen LogP contribution in [0.2, 0.25) is 0 Å². The molecule has 0 aliphatic heterocycles. The molecule has 8 nitrogen and oxygen atoms in total. The Morgan fingerprint density at radius 2 is 1.78 bits per heavy atom. The van der Waals surface area contributed by atoms with Crippen molar-refractivity contribution in [3.63, 3.8) is 0 Å².